The third-order valence-electron chi connectivity index (χ3n) is 4.87. The predicted molar refractivity (Wildman–Crippen MR) is 114 cm³/mol. The molecule has 30 heavy (non-hydrogen) atoms. The molecule has 7 heteroatoms. The van der Waals surface area contributed by atoms with Gasteiger partial charge in [-0.15, -0.1) is 0 Å². The predicted octanol–water partition coefficient (Wildman–Crippen LogP) is 5.76. The van der Waals surface area contributed by atoms with Crippen molar-refractivity contribution in [3.8, 4) is 0 Å². The van der Waals surface area contributed by atoms with Gasteiger partial charge < -0.3 is 5.11 Å². The molecule has 0 aliphatic carbocycles. The van der Waals surface area contributed by atoms with Gasteiger partial charge >= 0.3 is 0 Å². The second-order valence-corrected chi connectivity index (χ2v) is 7.52. The van der Waals surface area contributed by atoms with Crippen LogP contribution < -0.4 is 4.90 Å². The van der Waals surface area contributed by atoms with Crippen LogP contribution in [0.2, 0.25) is 10.0 Å². The molecule has 1 amide bonds. The molecular weight excluding hydrogens is 428 g/mol. The molecule has 4 nitrogen and oxygen atoms in total. The summed E-state index contributed by atoms with van der Waals surface area (Å²) in [5, 5.41) is 11.7. The minimum absolute atomic E-state index is 0.111. The molecule has 0 unspecified atom stereocenters. The molecule has 1 fully saturated rings. The van der Waals surface area contributed by atoms with Gasteiger partial charge in [0.1, 0.15) is 11.6 Å². The number of ketones is 1. The molecule has 3 aromatic carbocycles. The molecule has 3 aromatic rings. The van der Waals surface area contributed by atoms with Crippen LogP contribution >= 0.6 is 23.2 Å². The smallest absolute Gasteiger partial charge is 0.300 e. The Bertz CT molecular complexity index is 1170. The van der Waals surface area contributed by atoms with Crippen LogP contribution in [0.15, 0.2) is 78.4 Å². The van der Waals surface area contributed by atoms with Gasteiger partial charge in [0.25, 0.3) is 11.7 Å². The van der Waals surface area contributed by atoms with Crippen molar-refractivity contribution in [3.63, 3.8) is 0 Å². The highest BCUT2D eigenvalue weighted by Crippen LogP contribution is 2.44. The van der Waals surface area contributed by atoms with E-state index in [1.54, 1.807) is 48.5 Å². The topological polar surface area (TPSA) is 57.6 Å². The normalized spacial score (nSPS) is 18.1. The van der Waals surface area contributed by atoms with E-state index in [9.17, 15) is 19.1 Å². The van der Waals surface area contributed by atoms with Crippen molar-refractivity contribution in [1.29, 1.82) is 0 Å². The fourth-order valence-corrected chi connectivity index (χ4v) is 3.82. The first-order chi connectivity index (χ1) is 14.4. The zero-order chi connectivity index (χ0) is 21.4. The number of benzene rings is 3. The van der Waals surface area contributed by atoms with Gasteiger partial charge in [-0.25, -0.2) is 4.39 Å². The molecule has 0 aromatic heterocycles. The Kier molecular flexibility index (Phi) is 5.33. The lowest BCUT2D eigenvalue weighted by atomic mass is 9.95. The second kappa shape index (κ2) is 7.94. The lowest BCUT2D eigenvalue weighted by molar-refractivity contribution is -0.132. The van der Waals surface area contributed by atoms with Gasteiger partial charge in [0.05, 0.1) is 11.6 Å². The first-order valence-electron chi connectivity index (χ1n) is 8.95. The van der Waals surface area contributed by atoms with E-state index in [0.29, 0.717) is 26.9 Å². The van der Waals surface area contributed by atoms with Crippen LogP contribution in [-0.4, -0.2) is 16.8 Å². The molecule has 0 bridgehead atoms. The zero-order valence-electron chi connectivity index (χ0n) is 15.4. The van der Waals surface area contributed by atoms with Crippen LogP contribution in [0.25, 0.3) is 5.76 Å². The summed E-state index contributed by atoms with van der Waals surface area (Å²) < 4.78 is 13.4. The largest absolute Gasteiger partial charge is 0.507 e. The van der Waals surface area contributed by atoms with Crippen molar-refractivity contribution in [1.82, 2.24) is 0 Å². The van der Waals surface area contributed by atoms with Gasteiger partial charge in [0, 0.05) is 21.3 Å². The Labute approximate surface area is 181 Å². The number of rotatable bonds is 3. The summed E-state index contributed by atoms with van der Waals surface area (Å²) in [6.07, 6.45) is 0. The van der Waals surface area contributed by atoms with Crippen LogP contribution in [0.1, 0.15) is 17.2 Å². The molecule has 1 saturated heterocycles. The number of aliphatic hydroxyl groups is 1. The quantitative estimate of drug-likeness (QED) is 0.319. The molecule has 0 radical (unpaired) electrons. The monoisotopic (exact) mass is 441 g/mol. The number of carbonyl (C=O) groups excluding carboxylic acids is 2. The third kappa shape index (κ3) is 3.47. The van der Waals surface area contributed by atoms with Crippen LogP contribution in [0.3, 0.4) is 0 Å². The number of carbonyl (C=O) groups is 2. The molecule has 0 saturated carbocycles. The van der Waals surface area contributed by atoms with Gasteiger partial charge in [0.15, 0.2) is 0 Å². The summed E-state index contributed by atoms with van der Waals surface area (Å²) >= 11 is 12.3. The maximum absolute atomic E-state index is 13.4. The SMILES string of the molecule is O=C1C(=O)N(c2ccc(F)cc2)[C@@H](c2ccccc2Cl)C1=C(O)c1ccc(Cl)cc1. The summed E-state index contributed by atoms with van der Waals surface area (Å²) in [6.45, 7) is 0. The van der Waals surface area contributed by atoms with E-state index < -0.39 is 23.5 Å². The highest BCUT2D eigenvalue weighted by Gasteiger charge is 2.47. The van der Waals surface area contributed by atoms with Crippen LogP contribution in [-0.2, 0) is 9.59 Å². The number of Topliss-reactive ketones (excluding diaryl/α,β-unsaturated/α-hetero) is 1. The molecular formula is C23H14Cl2FNO3. The molecule has 1 aliphatic heterocycles. The van der Waals surface area contributed by atoms with Gasteiger partial charge in [-0.05, 0) is 60.2 Å². The van der Waals surface area contributed by atoms with Gasteiger partial charge in [0.2, 0.25) is 0 Å². The second-order valence-electron chi connectivity index (χ2n) is 6.67. The number of nitrogens with zero attached hydrogens (tertiary/aromatic N) is 1. The summed E-state index contributed by atoms with van der Waals surface area (Å²) in [4.78, 5) is 27.2. The zero-order valence-corrected chi connectivity index (χ0v) is 16.9. The van der Waals surface area contributed by atoms with Crippen molar-refractivity contribution in [2.45, 2.75) is 6.04 Å². The summed E-state index contributed by atoms with van der Waals surface area (Å²) in [5.74, 6) is -2.54. The van der Waals surface area contributed by atoms with Crippen LogP contribution in [0.4, 0.5) is 10.1 Å². The maximum atomic E-state index is 13.4. The Hall–Kier alpha value is -3.15. The van der Waals surface area contributed by atoms with E-state index in [2.05, 4.69) is 0 Å². The van der Waals surface area contributed by atoms with E-state index in [0.717, 1.165) is 0 Å². The standard InChI is InChI=1S/C23H14Cl2FNO3/c24-14-7-5-13(6-8-14)21(28)19-20(17-3-1-2-4-18(17)25)27(23(30)22(19)29)16-11-9-15(26)10-12-16/h1-12,20,28H/t20-/m0/s1. The van der Waals surface area contributed by atoms with Crippen molar-refractivity contribution in [2.24, 2.45) is 0 Å². The molecule has 1 heterocycles. The molecule has 1 atom stereocenters. The van der Waals surface area contributed by atoms with E-state index in [1.807, 2.05) is 0 Å². The minimum Gasteiger partial charge on any atom is -0.507 e. The van der Waals surface area contributed by atoms with Crippen molar-refractivity contribution < 1.29 is 19.1 Å². The molecule has 150 valence electrons. The minimum atomic E-state index is -0.986. The van der Waals surface area contributed by atoms with Crippen LogP contribution in [0.5, 0.6) is 0 Å². The van der Waals surface area contributed by atoms with Crippen molar-refractivity contribution in [3.05, 3.63) is 105 Å². The first kappa shape index (κ1) is 20.1. The highest BCUT2D eigenvalue weighted by atomic mass is 35.5. The summed E-state index contributed by atoms with van der Waals surface area (Å²) in [7, 11) is 0. The third-order valence-corrected chi connectivity index (χ3v) is 5.46. The first-order valence-corrected chi connectivity index (χ1v) is 9.71. The number of aliphatic hydroxyl groups excluding tert-OH is 1. The Balaban J connectivity index is 1.96. The molecule has 4 rings (SSSR count). The lowest BCUT2D eigenvalue weighted by Crippen LogP contribution is -2.29. The van der Waals surface area contributed by atoms with Crippen molar-refractivity contribution >= 4 is 46.3 Å². The highest BCUT2D eigenvalue weighted by molar-refractivity contribution is 6.52. The number of amides is 1. The van der Waals surface area contributed by atoms with E-state index in [-0.39, 0.29) is 11.3 Å². The summed E-state index contributed by atoms with van der Waals surface area (Å²) in [6, 6.07) is 17.2. The van der Waals surface area contributed by atoms with Gasteiger partial charge in [-0.3, -0.25) is 14.5 Å². The van der Waals surface area contributed by atoms with Crippen molar-refractivity contribution in [2.75, 3.05) is 4.90 Å². The fraction of sp³-hybridized carbons (Fsp3) is 0.0435. The maximum Gasteiger partial charge on any atom is 0.300 e. The average molecular weight is 442 g/mol. The summed E-state index contributed by atoms with van der Waals surface area (Å²) in [5.41, 5.74) is 0.977. The van der Waals surface area contributed by atoms with E-state index in [1.165, 1.54) is 29.2 Å². The number of hydrogen-bond donors (Lipinski definition) is 1. The Morgan fingerprint density at radius 2 is 1.53 bits per heavy atom. The molecule has 0 spiro atoms. The molecule has 1 aliphatic rings. The van der Waals surface area contributed by atoms with Gasteiger partial charge in [-0.1, -0.05) is 41.4 Å². The average Bonchev–Trinajstić information content (AvgIpc) is 3.00. The van der Waals surface area contributed by atoms with E-state index >= 15 is 0 Å². The van der Waals surface area contributed by atoms with Crippen LogP contribution in [0, 0.1) is 5.82 Å². The van der Waals surface area contributed by atoms with Gasteiger partial charge in [-0.2, -0.15) is 0 Å². The lowest BCUT2D eigenvalue weighted by Gasteiger charge is -2.26. The number of anilines is 1. The van der Waals surface area contributed by atoms with E-state index in [4.69, 9.17) is 23.2 Å². The number of halogens is 3. The Morgan fingerprint density at radius 1 is 0.900 bits per heavy atom. The molecule has 1 N–H and O–H groups in total. The fourth-order valence-electron chi connectivity index (χ4n) is 3.45. The number of hydrogen-bond acceptors (Lipinski definition) is 3. The Morgan fingerprint density at radius 3 is 2.17 bits per heavy atom.